The number of carbonyl (C=O) groups is 3. The Bertz CT molecular complexity index is 596. The Hall–Kier alpha value is -2.83. The molecular weight excluding hydrogens is 312 g/mol. The van der Waals surface area contributed by atoms with Crippen molar-refractivity contribution in [2.75, 3.05) is 27.2 Å². The number of rotatable bonds is 8. The Balaban J connectivity index is 2.28. The van der Waals surface area contributed by atoms with E-state index in [1.807, 2.05) is 30.3 Å². The molecule has 0 unspecified atom stereocenters. The van der Waals surface area contributed by atoms with Crippen LogP contribution in [0, 0.1) is 0 Å². The van der Waals surface area contributed by atoms with Gasteiger partial charge in [-0.25, -0.2) is 9.59 Å². The van der Waals surface area contributed by atoms with E-state index in [1.54, 1.807) is 19.0 Å². The molecule has 0 aliphatic carbocycles. The van der Waals surface area contributed by atoms with Gasteiger partial charge in [-0.15, -0.1) is 0 Å². The zero-order chi connectivity index (χ0) is 17.9. The minimum atomic E-state index is -0.726. The van der Waals surface area contributed by atoms with Crippen molar-refractivity contribution < 1.29 is 23.9 Å². The summed E-state index contributed by atoms with van der Waals surface area (Å²) in [7, 11) is 3.39. The molecule has 24 heavy (non-hydrogen) atoms. The second-order valence-corrected chi connectivity index (χ2v) is 5.19. The third-order valence-corrected chi connectivity index (χ3v) is 2.80. The van der Waals surface area contributed by atoms with E-state index in [1.165, 1.54) is 13.1 Å². The van der Waals surface area contributed by atoms with Gasteiger partial charge < -0.3 is 19.7 Å². The lowest BCUT2D eigenvalue weighted by atomic mass is 10.2. The van der Waals surface area contributed by atoms with Gasteiger partial charge in [-0.3, -0.25) is 4.79 Å². The molecule has 0 bridgehead atoms. The third-order valence-electron chi connectivity index (χ3n) is 2.80. The second kappa shape index (κ2) is 10.0. The smallest absolute Gasteiger partial charge is 0.407 e. The lowest BCUT2D eigenvalue weighted by Crippen LogP contribution is -2.29. The maximum absolute atomic E-state index is 11.8. The molecule has 1 rings (SSSR count). The molecule has 0 fully saturated rings. The minimum Gasteiger partial charge on any atom is -0.460 e. The van der Waals surface area contributed by atoms with Crippen molar-refractivity contribution in [3.05, 3.63) is 47.7 Å². The first-order chi connectivity index (χ1) is 11.4. The Morgan fingerprint density at radius 1 is 1.12 bits per heavy atom. The van der Waals surface area contributed by atoms with Crippen molar-refractivity contribution in [2.45, 2.75) is 13.5 Å². The van der Waals surface area contributed by atoms with Gasteiger partial charge in [0.05, 0.1) is 6.54 Å². The summed E-state index contributed by atoms with van der Waals surface area (Å²) in [6.07, 6.45) is 0.789. The summed E-state index contributed by atoms with van der Waals surface area (Å²) in [5.41, 5.74) is 0.825. The van der Waals surface area contributed by atoms with E-state index in [4.69, 9.17) is 9.47 Å². The van der Waals surface area contributed by atoms with Crippen molar-refractivity contribution >= 4 is 17.8 Å². The summed E-state index contributed by atoms with van der Waals surface area (Å²) in [4.78, 5) is 36.3. The number of esters is 1. The lowest BCUT2D eigenvalue weighted by Gasteiger charge is -2.10. The molecule has 0 atom stereocenters. The SMILES string of the molecule is CC(=O)/C(=C/N(C)C)C(=O)OCCNC(=O)OCc1ccccc1. The maximum atomic E-state index is 11.8. The highest BCUT2D eigenvalue weighted by Gasteiger charge is 2.16. The van der Waals surface area contributed by atoms with Gasteiger partial charge in [-0.05, 0) is 12.5 Å². The molecule has 1 aromatic rings. The number of hydrogen-bond donors (Lipinski definition) is 1. The summed E-state index contributed by atoms with van der Waals surface area (Å²) in [5, 5.41) is 2.46. The molecule has 0 saturated heterocycles. The number of benzene rings is 1. The van der Waals surface area contributed by atoms with Crippen LogP contribution in [-0.2, 0) is 25.7 Å². The fraction of sp³-hybridized carbons (Fsp3) is 0.353. The van der Waals surface area contributed by atoms with Gasteiger partial charge in [-0.2, -0.15) is 0 Å². The van der Waals surface area contributed by atoms with E-state index in [9.17, 15) is 14.4 Å². The van der Waals surface area contributed by atoms with Crippen LogP contribution in [-0.4, -0.2) is 50.0 Å². The molecule has 0 aromatic heterocycles. The largest absolute Gasteiger partial charge is 0.460 e. The van der Waals surface area contributed by atoms with Crippen molar-refractivity contribution in [2.24, 2.45) is 0 Å². The number of amides is 1. The number of hydrogen-bond acceptors (Lipinski definition) is 6. The first kappa shape index (κ1) is 19.2. The number of ketones is 1. The number of ether oxygens (including phenoxy) is 2. The lowest BCUT2D eigenvalue weighted by molar-refractivity contribution is -0.140. The molecule has 7 heteroatoms. The van der Waals surface area contributed by atoms with E-state index < -0.39 is 12.1 Å². The van der Waals surface area contributed by atoms with Crippen LogP contribution in [0.25, 0.3) is 0 Å². The Morgan fingerprint density at radius 2 is 1.79 bits per heavy atom. The Kier molecular flexibility index (Phi) is 8.04. The number of carbonyl (C=O) groups excluding carboxylic acids is 3. The zero-order valence-corrected chi connectivity index (χ0v) is 14.1. The first-order valence-corrected chi connectivity index (χ1v) is 7.41. The van der Waals surface area contributed by atoms with Crippen molar-refractivity contribution in [1.82, 2.24) is 10.2 Å². The minimum absolute atomic E-state index is 0.0494. The quantitative estimate of drug-likeness (QED) is 0.255. The molecule has 0 radical (unpaired) electrons. The highest BCUT2D eigenvalue weighted by atomic mass is 16.6. The average molecular weight is 334 g/mol. The van der Waals surface area contributed by atoms with Crippen molar-refractivity contribution in [3.8, 4) is 0 Å². The maximum Gasteiger partial charge on any atom is 0.407 e. The van der Waals surface area contributed by atoms with Crippen LogP contribution in [0.5, 0.6) is 0 Å². The van der Waals surface area contributed by atoms with Crippen LogP contribution in [0.15, 0.2) is 42.1 Å². The van der Waals surface area contributed by atoms with Crippen LogP contribution in [0.4, 0.5) is 4.79 Å². The summed E-state index contributed by atoms with van der Waals surface area (Å²) >= 11 is 0. The number of Topliss-reactive ketones (excluding diaryl/α,β-unsaturated/α-hetero) is 1. The topological polar surface area (TPSA) is 84.9 Å². The predicted molar refractivity (Wildman–Crippen MR) is 88.0 cm³/mol. The number of nitrogens with zero attached hydrogens (tertiary/aromatic N) is 1. The molecule has 0 heterocycles. The van der Waals surface area contributed by atoms with Gasteiger partial charge in [0.15, 0.2) is 5.78 Å². The van der Waals surface area contributed by atoms with Crippen molar-refractivity contribution in [3.63, 3.8) is 0 Å². The van der Waals surface area contributed by atoms with Crippen molar-refractivity contribution in [1.29, 1.82) is 0 Å². The van der Waals surface area contributed by atoms with Crippen LogP contribution in [0.3, 0.4) is 0 Å². The zero-order valence-electron chi connectivity index (χ0n) is 14.1. The molecule has 0 aliphatic rings. The number of nitrogens with one attached hydrogen (secondary N) is 1. The molecule has 0 saturated carbocycles. The Morgan fingerprint density at radius 3 is 2.38 bits per heavy atom. The highest BCUT2D eigenvalue weighted by Crippen LogP contribution is 2.02. The summed E-state index contributed by atoms with van der Waals surface area (Å²) in [5.74, 6) is -1.11. The average Bonchev–Trinajstić information content (AvgIpc) is 2.55. The van der Waals surface area contributed by atoms with E-state index in [0.717, 1.165) is 5.56 Å². The van der Waals surface area contributed by atoms with Crippen LogP contribution >= 0.6 is 0 Å². The van der Waals surface area contributed by atoms with E-state index in [-0.39, 0.29) is 31.1 Å². The second-order valence-electron chi connectivity index (χ2n) is 5.19. The van der Waals surface area contributed by atoms with Gasteiger partial charge in [-0.1, -0.05) is 30.3 Å². The van der Waals surface area contributed by atoms with Crippen LogP contribution in [0.1, 0.15) is 12.5 Å². The van der Waals surface area contributed by atoms with Gasteiger partial charge in [0.25, 0.3) is 0 Å². The van der Waals surface area contributed by atoms with E-state index in [0.29, 0.717) is 0 Å². The summed E-state index contributed by atoms with van der Waals surface area (Å²) < 4.78 is 9.97. The molecule has 0 aliphatic heterocycles. The summed E-state index contributed by atoms with van der Waals surface area (Å²) in [6, 6.07) is 9.26. The molecular formula is C17H22N2O5. The number of alkyl carbamates (subject to hydrolysis) is 1. The van der Waals surface area contributed by atoms with Gasteiger partial charge in [0.1, 0.15) is 18.8 Å². The normalized spacial score (nSPS) is 10.7. The monoisotopic (exact) mass is 334 g/mol. The fourth-order valence-electron chi connectivity index (χ4n) is 1.69. The highest BCUT2D eigenvalue weighted by molar-refractivity contribution is 6.16. The molecule has 1 aromatic carbocycles. The summed E-state index contributed by atoms with van der Waals surface area (Å²) in [6.45, 7) is 1.48. The Labute approximate surface area is 141 Å². The van der Waals surface area contributed by atoms with Gasteiger partial charge in [0, 0.05) is 20.3 Å². The van der Waals surface area contributed by atoms with Gasteiger partial charge in [0.2, 0.25) is 0 Å². The molecule has 7 nitrogen and oxygen atoms in total. The first-order valence-electron chi connectivity index (χ1n) is 7.41. The van der Waals surface area contributed by atoms with Gasteiger partial charge >= 0.3 is 12.1 Å². The van der Waals surface area contributed by atoms with E-state index in [2.05, 4.69) is 5.32 Å². The van der Waals surface area contributed by atoms with Crippen LogP contribution < -0.4 is 5.32 Å². The molecule has 0 spiro atoms. The standard InChI is InChI=1S/C17H22N2O5/c1-13(20)15(11-19(2)3)16(21)23-10-9-18-17(22)24-12-14-7-5-4-6-8-14/h4-8,11H,9-10,12H2,1-3H3,(H,18,22)/b15-11-. The molecule has 1 N–H and O–H groups in total. The predicted octanol–water partition coefficient (Wildman–Crippen LogP) is 1.49. The van der Waals surface area contributed by atoms with Crippen LogP contribution in [0.2, 0.25) is 0 Å². The molecule has 130 valence electrons. The molecule has 1 amide bonds. The fourth-order valence-corrected chi connectivity index (χ4v) is 1.69. The van der Waals surface area contributed by atoms with E-state index >= 15 is 0 Å². The third kappa shape index (κ3) is 7.44.